The highest BCUT2D eigenvalue weighted by Gasteiger charge is 2.11. The van der Waals surface area contributed by atoms with E-state index in [0.29, 0.717) is 12.4 Å². The van der Waals surface area contributed by atoms with Crippen LogP contribution in [0, 0.1) is 0 Å². The highest BCUT2D eigenvalue weighted by Crippen LogP contribution is 2.31. The van der Waals surface area contributed by atoms with Crippen LogP contribution in [0.5, 0.6) is 5.75 Å². The predicted octanol–water partition coefficient (Wildman–Crippen LogP) is 6.20. The molecule has 0 amide bonds. The summed E-state index contributed by atoms with van der Waals surface area (Å²) in [6.07, 6.45) is 9.56. The zero-order chi connectivity index (χ0) is 20.0. The average molecular weight is 385 g/mol. The van der Waals surface area contributed by atoms with Crippen molar-refractivity contribution >= 4 is 5.97 Å². The van der Waals surface area contributed by atoms with Crippen LogP contribution in [-0.2, 0) is 4.74 Å². The van der Waals surface area contributed by atoms with Crippen LogP contribution < -0.4 is 4.74 Å². The largest absolute Gasteiger partial charge is 0.493 e. The molecular weight excluding hydrogens is 352 g/mol. The molecule has 2 rings (SSSR count). The molecule has 4 nitrogen and oxygen atoms in total. The maximum absolute atomic E-state index is 11.3. The molecule has 2 aromatic rings. The molecule has 0 radical (unpaired) electrons. The number of aromatic carboxylic acids is 1. The van der Waals surface area contributed by atoms with Gasteiger partial charge in [0.2, 0.25) is 0 Å². The van der Waals surface area contributed by atoms with E-state index in [0.717, 1.165) is 37.0 Å². The van der Waals surface area contributed by atoms with Gasteiger partial charge in [-0.2, -0.15) is 0 Å². The first-order chi connectivity index (χ1) is 13.7. The fourth-order valence-electron chi connectivity index (χ4n) is 3.22. The molecule has 0 aliphatic carbocycles. The maximum Gasteiger partial charge on any atom is 0.335 e. The van der Waals surface area contributed by atoms with Gasteiger partial charge in [-0.05, 0) is 36.6 Å². The number of unbranched alkanes of at least 4 members (excludes halogenated alkanes) is 7. The Kier molecular flexibility index (Phi) is 10.2. The van der Waals surface area contributed by atoms with Crippen LogP contribution in [0.15, 0.2) is 48.5 Å². The van der Waals surface area contributed by atoms with Crippen molar-refractivity contribution in [2.24, 2.45) is 0 Å². The normalized spacial score (nSPS) is 10.8. The molecule has 0 saturated carbocycles. The minimum atomic E-state index is -0.935. The zero-order valence-corrected chi connectivity index (χ0v) is 16.9. The Labute approximate surface area is 168 Å². The summed E-state index contributed by atoms with van der Waals surface area (Å²) in [5.74, 6) is -0.292. The van der Waals surface area contributed by atoms with Crippen LogP contribution in [0.2, 0.25) is 0 Å². The molecule has 0 fully saturated rings. The van der Waals surface area contributed by atoms with E-state index in [1.165, 1.54) is 32.1 Å². The van der Waals surface area contributed by atoms with Crippen LogP contribution in [-0.4, -0.2) is 31.4 Å². The van der Waals surface area contributed by atoms with E-state index in [4.69, 9.17) is 9.47 Å². The Morgan fingerprint density at radius 3 is 2.04 bits per heavy atom. The van der Waals surface area contributed by atoms with Crippen molar-refractivity contribution in [2.75, 3.05) is 20.3 Å². The van der Waals surface area contributed by atoms with Crippen LogP contribution in [0.3, 0.4) is 0 Å². The number of carboxylic acids is 1. The van der Waals surface area contributed by atoms with Crippen LogP contribution >= 0.6 is 0 Å². The van der Waals surface area contributed by atoms with Crippen molar-refractivity contribution in [3.05, 3.63) is 54.1 Å². The number of methoxy groups -OCH3 is 1. The fraction of sp³-hybridized carbons (Fsp3) is 0.458. The second-order valence-corrected chi connectivity index (χ2v) is 7.05. The molecule has 28 heavy (non-hydrogen) atoms. The summed E-state index contributed by atoms with van der Waals surface area (Å²) in [6.45, 7) is 1.47. The molecule has 2 aromatic carbocycles. The van der Waals surface area contributed by atoms with Gasteiger partial charge in [0.1, 0.15) is 5.75 Å². The first kappa shape index (κ1) is 22.0. The van der Waals surface area contributed by atoms with Gasteiger partial charge in [-0.15, -0.1) is 0 Å². The minimum absolute atomic E-state index is 0.253. The summed E-state index contributed by atoms with van der Waals surface area (Å²) in [6, 6.07) is 15.0. The Bertz CT molecular complexity index is 697. The van der Waals surface area contributed by atoms with E-state index in [1.54, 1.807) is 19.2 Å². The molecule has 1 N–H and O–H groups in total. The molecule has 0 spiro atoms. The van der Waals surface area contributed by atoms with E-state index >= 15 is 0 Å². The molecule has 0 atom stereocenters. The van der Waals surface area contributed by atoms with Gasteiger partial charge >= 0.3 is 5.97 Å². The number of ether oxygens (including phenoxy) is 2. The zero-order valence-electron chi connectivity index (χ0n) is 16.9. The number of carbonyl (C=O) groups is 1. The van der Waals surface area contributed by atoms with Gasteiger partial charge in [-0.25, -0.2) is 4.79 Å². The molecule has 0 heterocycles. The second-order valence-electron chi connectivity index (χ2n) is 7.05. The first-order valence-corrected chi connectivity index (χ1v) is 10.3. The highest BCUT2D eigenvalue weighted by molar-refractivity contribution is 5.89. The quantitative estimate of drug-likeness (QED) is 0.394. The maximum atomic E-state index is 11.3. The number of hydrogen-bond donors (Lipinski definition) is 1. The number of benzene rings is 2. The van der Waals surface area contributed by atoms with Gasteiger partial charge in [0.05, 0.1) is 12.2 Å². The summed E-state index contributed by atoms with van der Waals surface area (Å²) < 4.78 is 11.0. The molecule has 0 aromatic heterocycles. The molecule has 0 unspecified atom stereocenters. The molecule has 0 saturated heterocycles. The Morgan fingerprint density at radius 2 is 1.43 bits per heavy atom. The molecule has 4 heteroatoms. The van der Waals surface area contributed by atoms with Crippen LogP contribution in [0.25, 0.3) is 11.1 Å². The Balaban J connectivity index is 1.76. The standard InChI is InChI=1S/C24H32O4/c1-27-17-11-6-4-2-3-5-7-12-18-28-23-19-21(24(25)26)15-16-22(23)20-13-9-8-10-14-20/h8-10,13-16,19H,2-7,11-12,17-18H2,1H3,(H,25,26). The SMILES string of the molecule is COCCCCCCCCCCOc1cc(C(=O)O)ccc1-c1ccccc1. The van der Waals surface area contributed by atoms with Crippen molar-refractivity contribution in [3.63, 3.8) is 0 Å². The van der Waals surface area contributed by atoms with E-state index in [1.807, 2.05) is 36.4 Å². The van der Waals surface area contributed by atoms with Crippen LogP contribution in [0.4, 0.5) is 0 Å². The van der Waals surface area contributed by atoms with Gasteiger partial charge in [-0.3, -0.25) is 0 Å². The summed E-state index contributed by atoms with van der Waals surface area (Å²) in [4.78, 5) is 11.3. The summed E-state index contributed by atoms with van der Waals surface area (Å²) in [5.41, 5.74) is 2.22. The van der Waals surface area contributed by atoms with Crippen molar-refractivity contribution in [2.45, 2.75) is 51.4 Å². The van der Waals surface area contributed by atoms with E-state index < -0.39 is 5.97 Å². The van der Waals surface area contributed by atoms with Crippen molar-refractivity contribution in [1.29, 1.82) is 0 Å². The first-order valence-electron chi connectivity index (χ1n) is 10.3. The van der Waals surface area contributed by atoms with E-state index in [9.17, 15) is 9.90 Å². The van der Waals surface area contributed by atoms with Gasteiger partial charge < -0.3 is 14.6 Å². The molecular formula is C24H32O4. The Morgan fingerprint density at radius 1 is 0.821 bits per heavy atom. The third-order valence-electron chi connectivity index (χ3n) is 4.81. The lowest BCUT2D eigenvalue weighted by Gasteiger charge is -2.13. The number of carboxylic acid groups (broad SMARTS) is 1. The lowest BCUT2D eigenvalue weighted by molar-refractivity contribution is 0.0696. The van der Waals surface area contributed by atoms with E-state index in [-0.39, 0.29) is 5.56 Å². The molecule has 152 valence electrons. The molecule has 0 aliphatic rings. The van der Waals surface area contributed by atoms with Crippen LogP contribution in [0.1, 0.15) is 61.7 Å². The Hall–Kier alpha value is -2.33. The molecule has 0 bridgehead atoms. The summed E-state index contributed by atoms with van der Waals surface area (Å²) in [7, 11) is 1.75. The van der Waals surface area contributed by atoms with Crippen molar-refractivity contribution in [1.82, 2.24) is 0 Å². The summed E-state index contributed by atoms with van der Waals surface area (Å²) in [5, 5.41) is 9.27. The lowest BCUT2D eigenvalue weighted by atomic mass is 10.0. The highest BCUT2D eigenvalue weighted by atomic mass is 16.5. The third-order valence-corrected chi connectivity index (χ3v) is 4.81. The predicted molar refractivity (Wildman–Crippen MR) is 113 cm³/mol. The van der Waals surface area contributed by atoms with Crippen molar-refractivity contribution < 1.29 is 19.4 Å². The topological polar surface area (TPSA) is 55.8 Å². The van der Waals surface area contributed by atoms with E-state index in [2.05, 4.69) is 0 Å². The van der Waals surface area contributed by atoms with Gasteiger partial charge in [-0.1, -0.05) is 68.9 Å². The minimum Gasteiger partial charge on any atom is -0.493 e. The lowest BCUT2D eigenvalue weighted by Crippen LogP contribution is -2.02. The second kappa shape index (κ2) is 12.9. The third kappa shape index (κ3) is 7.73. The monoisotopic (exact) mass is 384 g/mol. The fourth-order valence-corrected chi connectivity index (χ4v) is 3.22. The van der Waals surface area contributed by atoms with Crippen molar-refractivity contribution in [3.8, 4) is 16.9 Å². The summed E-state index contributed by atoms with van der Waals surface area (Å²) >= 11 is 0. The number of hydrogen-bond acceptors (Lipinski definition) is 3. The smallest absolute Gasteiger partial charge is 0.335 e. The van der Waals surface area contributed by atoms with Gasteiger partial charge in [0.15, 0.2) is 0 Å². The molecule has 0 aliphatic heterocycles. The average Bonchev–Trinajstić information content (AvgIpc) is 2.72. The number of rotatable bonds is 14. The van der Waals surface area contributed by atoms with Gasteiger partial charge in [0.25, 0.3) is 0 Å². The van der Waals surface area contributed by atoms with Gasteiger partial charge in [0, 0.05) is 19.3 Å².